The van der Waals surface area contributed by atoms with Gasteiger partial charge in [0, 0.05) is 45.9 Å². The van der Waals surface area contributed by atoms with E-state index in [-0.39, 0.29) is 99.1 Å². The van der Waals surface area contributed by atoms with Gasteiger partial charge in [0.25, 0.3) is 0 Å². The van der Waals surface area contributed by atoms with Gasteiger partial charge in [-0.25, -0.2) is 42.1 Å². The summed E-state index contributed by atoms with van der Waals surface area (Å²) in [7, 11) is -11.5. The number of sulfone groups is 5. The summed E-state index contributed by atoms with van der Waals surface area (Å²) < 4.78 is 174. The van der Waals surface area contributed by atoms with Crippen LogP contribution >= 0.6 is 12.4 Å². The highest BCUT2D eigenvalue weighted by Crippen LogP contribution is 2.50. The lowest BCUT2D eigenvalue weighted by atomic mass is 9.88. The topological polar surface area (TPSA) is 313 Å². The summed E-state index contributed by atoms with van der Waals surface area (Å²) in [5.74, 6) is 3.67. The minimum absolute atomic E-state index is 0. The Morgan fingerprint density at radius 2 is 0.683 bits per heavy atom. The minimum Gasteiger partial charge on any atom is -0.493 e. The van der Waals surface area contributed by atoms with Gasteiger partial charge in [0.2, 0.25) is 0 Å². The van der Waals surface area contributed by atoms with Crippen LogP contribution in [0.5, 0.6) is 40.2 Å². The standard InChI is InChI=1S/C24H33NO3S.2C23H31NO4S.C22H27NO3S.C21H27NO4S.ClH/c1-5-7-15-24(6-2)17-29(26,27)22-16-20(28-18(3)4)13-14-21(22)23(25-24)19-11-9-8-10-12-19;1-5-7-15-23(6-2)16-29(25,26)22-18(13-14-19(27-3)21(22)28-4)20(24-23)17-11-9-8-10-12-17;1-4-7-13-18-16-29(25,26)22-15-21(28-6-3)20(27-5-2)14-19(22)23(24-18)17-11-9-8-10-12-17;1-3-5-13-22(4-2)16-27(25,26)20-14-17(15-24)11-12-19(20)21(23-22)18-9-7-6-8-10-18;1-5-21(6-2)14-27(23,24)19-13-18(26-4)17(25-3)12-16(19)20(22-21)15-10-8-7-9-11-15;/h8-14,16,18,23,25H,5-7,15,17H2,1-4H3;8-14,20,24H,5-7,15-16H2,1-4H3;8-12,14-15,18,23-24H,4-7,13,16H2,1-3H3;6-12,14-15,21,23H,3-5,13,16H2,1-2H3;7-13,20,22H,5-6,14H2,1-4H3;1H/t23-,24-;20-,23-;18?,23-;21-,22-;20-;/m11111./s1. The zero-order valence-corrected chi connectivity index (χ0v) is 90.6. The average Bonchev–Trinajstić information content (AvgIpc) is 1.57. The average molecular weight is 2060 g/mol. The molecule has 10 aromatic rings. The predicted molar refractivity (Wildman–Crippen MR) is 571 cm³/mol. The van der Waals surface area contributed by atoms with E-state index in [9.17, 15) is 46.9 Å². The van der Waals surface area contributed by atoms with Crippen LogP contribution in [0.2, 0.25) is 0 Å². The van der Waals surface area contributed by atoms with Crippen molar-refractivity contribution >= 4 is 67.9 Å². The van der Waals surface area contributed by atoms with Crippen LogP contribution in [0.1, 0.15) is 295 Å². The van der Waals surface area contributed by atoms with Crippen LogP contribution in [0.4, 0.5) is 0 Å². The van der Waals surface area contributed by atoms with Gasteiger partial charge in [0.05, 0.1) is 126 Å². The number of methoxy groups -OCH3 is 4. The molecule has 142 heavy (non-hydrogen) atoms. The molecule has 10 aromatic carbocycles. The Morgan fingerprint density at radius 1 is 0.345 bits per heavy atom. The van der Waals surface area contributed by atoms with E-state index < -0.39 is 71.3 Å². The molecule has 15 rings (SSSR count). The molecule has 0 saturated carbocycles. The molecule has 29 heteroatoms. The van der Waals surface area contributed by atoms with Crippen molar-refractivity contribution in [1.29, 1.82) is 0 Å². The second-order valence-corrected chi connectivity index (χ2v) is 47.6. The second-order valence-electron chi connectivity index (χ2n) is 37.8. The van der Waals surface area contributed by atoms with E-state index in [0.29, 0.717) is 98.2 Å². The summed E-state index contributed by atoms with van der Waals surface area (Å²) >= 11 is 0. The number of benzene rings is 10. The third-order valence-corrected chi connectivity index (χ3v) is 37.6. The van der Waals surface area contributed by atoms with Crippen LogP contribution in [-0.4, -0.2) is 153 Å². The van der Waals surface area contributed by atoms with Gasteiger partial charge in [-0.15, -0.1) is 12.4 Å². The number of carbonyl (C=O) groups excluding carboxylic acids is 1. The van der Waals surface area contributed by atoms with Crippen molar-refractivity contribution in [2.45, 2.75) is 288 Å². The molecule has 5 N–H and O–H groups in total. The molecule has 0 bridgehead atoms. The van der Waals surface area contributed by atoms with Crippen molar-refractivity contribution in [3.05, 3.63) is 286 Å². The van der Waals surface area contributed by atoms with Gasteiger partial charge in [0.1, 0.15) is 16.9 Å². The molecule has 0 aliphatic carbocycles. The first-order valence-corrected chi connectivity index (χ1v) is 58.4. The summed E-state index contributed by atoms with van der Waals surface area (Å²) in [6, 6.07) is 69.8. The molecule has 5 aliphatic rings. The van der Waals surface area contributed by atoms with Crippen molar-refractivity contribution in [2.24, 2.45) is 0 Å². The first-order valence-electron chi connectivity index (χ1n) is 50.1. The molecule has 0 amide bonds. The molecule has 5 aliphatic heterocycles. The van der Waals surface area contributed by atoms with Gasteiger partial charge in [0.15, 0.2) is 83.7 Å². The molecule has 0 radical (unpaired) electrons. The highest BCUT2D eigenvalue weighted by atomic mass is 35.5. The number of ether oxygens (including phenoxy) is 7. The Kier molecular flexibility index (Phi) is 41.3. The largest absolute Gasteiger partial charge is 0.493 e. The van der Waals surface area contributed by atoms with Gasteiger partial charge in [-0.05, 0) is 178 Å². The normalized spacial score (nSPS) is 22.1. The Labute approximate surface area is 852 Å². The fourth-order valence-corrected chi connectivity index (χ4v) is 30.7. The Bertz CT molecular complexity index is 6390. The first kappa shape index (κ1) is 114. The van der Waals surface area contributed by atoms with Gasteiger partial charge in [-0.1, -0.05) is 290 Å². The lowest BCUT2D eigenvalue weighted by molar-refractivity contribution is 0.112. The molecular formula is C113H150ClN5O18S5. The lowest BCUT2D eigenvalue weighted by Crippen LogP contribution is -2.50. The summed E-state index contributed by atoms with van der Waals surface area (Å²) in [6.45, 7) is 27.4. The highest BCUT2D eigenvalue weighted by molar-refractivity contribution is 7.92. The third kappa shape index (κ3) is 27.3. The second kappa shape index (κ2) is 51.4. The fourth-order valence-electron chi connectivity index (χ4n) is 20.1. The number of unbranched alkanes of at least 4 members (excludes halogenated alkanes) is 4. The predicted octanol–water partition coefficient (Wildman–Crippen LogP) is 22.8. The molecule has 5 heterocycles. The van der Waals surface area contributed by atoms with Crippen molar-refractivity contribution in [1.82, 2.24) is 26.6 Å². The zero-order valence-electron chi connectivity index (χ0n) is 85.7. The van der Waals surface area contributed by atoms with E-state index in [0.717, 1.165) is 141 Å². The van der Waals surface area contributed by atoms with Crippen LogP contribution in [0, 0.1) is 0 Å². The monoisotopic (exact) mass is 2060 g/mol. The lowest BCUT2D eigenvalue weighted by Gasteiger charge is -2.35. The number of rotatable bonds is 33. The Hall–Kier alpha value is -9.69. The van der Waals surface area contributed by atoms with Crippen LogP contribution < -0.4 is 59.7 Å². The summed E-state index contributed by atoms with van der Waals surface area (Å²) in [4.78, 5) is 12.8. The maximum absolute atomic E-state index is 13.7. The van der Waals surface area contributed by atoms with E-state index in [2.05, 4.69) is 80.3 Å². The van der Waals surface area contributed by atoms with Crippen LogP contribution in [0.15, 0.2) is 249 Å². The number of aldehydes is 1. The molecule has 0 spiro atoms. The minimum atomic E-state index is -3.61. The number of nitrogens with one attached hydrogen (secondary N) is 5. The van der Waals surface area contributed by atoms with E-state index in [4.69, 9.17) is 33.2 Å². The van der Waals surface area contributed by atoms with Crippen LogP contribution in [-0.2, 0) is 49.2 Å². The Morgan fingerprint density at radius 3 is 1.08 bits per heavy atom. The number of hydrogen-bond donors (Lipinski definition) is 5. The molecule has 9 atom stereocenters. The maximum atomic E-state index is 13.7. The van der Waals surface area contributed by atoms with Crippen LogP contribution in [0.25, 0.3) is 0 Å². The number of hydrogen-bond acceptors (Lipinski definition) is 23. The van der Waals surface area contributed by atoms with Crippen molar-refractivity contribution in [3.63, 3.8) is 0 Å². The molecule has 1 unspecified atom stereocenters. The number of halogens is 1. The van der Waals surface area contributed by atoms with E-state index in [1.54, 1.807) is 49.6 Å². The molecule has 772 valence electrons. The maximum Gasteiger partial charge on any atom is 0.184 e. The van der Waals surface area contributed by atoms with E-state index in [1.165, 1.54) is 27.4 Å². The van der Waals surface area contributed by atoms with E-state index >= 15 is 0 Å². The highest BCUT2D eigenvalue weighted by Gasteiger charge is 2.48. The molecular weight excluding hydrogens is 1910 g/mol. The van der Waals surface area contributed by atoms with Crippen molar-refractivity contribution < 1.29 is 80.0 Å². The zero-order chi connectivity index (χ0) is 102. The Balaban J connectivity index is 0.000000182. The molecule has 0 fully saturated rings. The quantitative estimate of drug-likeness (QED) is 0.0239. The van der Waals surface area contributed by atoms with Gasteiger partial charge < -0.3 is 38.5 Å². The molecule has 23 nitrogen and oxygen atoms in total. The SMILES string of the molecule is CCC1(CC)CS(=O)(=O)c2cc(OC)c(OC)cc2[C@@H](c2ccccc2)N1.CCCCC1CS(=O)(=O)c2cc(OCC)c(OCC)cc2[C@@H](c2ccccc2)N1.CCCC[C@]1(CC)CS(=O)(=O)c2c(ccc(OC)c2OC)[C@@H](c2ccccc2)N1.CCCC[C@]1(CC)CS(=O)(=O)c2cc(C=O)ccc2[C@@H](c2ccccc2)N1.CCCC[C@]1(CC)CS(=O)(=O)c2cc(OC(C)C)ccc2[C@@H](c2ccccc2)N1.Cl. The van der Waals surface area contributed by atoms with E-state index in [1.807, 2.05) is 212 Å². The van der Waals surface area contributed by atoms with Gasteiger partial charge >= 0.3 is 0 Å². The first-order chi connectivity index (χ1) is 67.5. The van der Waals surface area contributed by atoms with Crippen LogP contribution in [0.3, 0.4) is 0 Å². The fraction of sp³-hybridized carbons (Fsp3) is 0.460. The summed E-state index contributed by atoms with van der Waals surface area (Å²) in [5, 5.41) is 18.5. The molecule has 0 aromatic heterocycles. The van der Waals surface area contributed by atoms with Gasteiger partial charge in [-0.2, -0.15) is 0 Å². The third-order valence-electron chi connectivity index (χ3n) is 27.9. The molecule has 0 saturated heterocycles. The summed E-state index contributed by atoms with van der Waals surface area (Å²) in [5.41, 5.74) is 7.31. The number of fused-ring (bicyclic) bond motifs is 5. The smallest absolute Gasteiger partial charge is 0.184 e. The van der Waals surface area contributed by atoms with Crippen molar-refractivity contribution in [3.8, 4) is 40.2 Å². The number of carbonyl (C=O) groups is 1. The van der Waals surface area contributed by atoms with Crippen molar-refractivity contribution in [2.75, 3.05) is 70.4 Å². The summed E-state index contributed by atoms with van der Waals surface area (Å²) in [6.07, 6.45) is 15.6. The van der Waals surface area contributed by atoms with Gasteiger partial charge in [-0.3, -0.25) is 26.1 Å².